The summed E-state index contributed by atoms with van der Waals surface area (Å²) in [6, 6.07) is 9.98. The van der Waals surface area contributed by atoms with Crippen LogP contribution in [0.1, 0.15) is 31.9 Å². The third kappa shape index (κ3) is 4.81. The maximum absolute atomic E-state index is 10.2. The maximum Gasteiger partial charge on any atom is 0.0991 e. The van der Waals surface area contributed by atoms with E-state index in [1.165, 1.54) is 5.56 Å². The summed E-state index contributed by atoms with van der Waals surface area (Å²) in [6.45, 7) is 12.0. The average molecular weight is 301 g/mol. The number of hydrogen-bond donors (Lipinski definition) is 1. The SMILES string of the molecule is CC(C)(C)[C@H](O)CN1CCN(Cc2ccc(C#N)cc2)CC1. The van der Waals surface area contributed by atoms with Crippen molar-refractivity contribution in [3.8, 4) is 6.07 Å². The summed E-state index contributed by atoms with van der Waals surface area (Å²) in [5.74, 6) is 0. The Morgan fingerprint density at radius 3 is 2.14 bits per heavy atom. The standard InChI is InChI=1S/C18H27N3O/c1-18(2,3)17(22)14-21-10-8-20(9-11-21)13-16-6-4-15(12-19)5-7-16/h4-7,17,22H,8-11,13-14H2,1-3H3/t17-/m1/s1. The van der Waals surface area contributed by atoms with Gasteiger partial charge in [-0.1, -0.05) is 32.9 Å². The van der Waals surface area contributed by atoms with E-state index in [-0.39, 0.29) is 11.5 Å². The predicted octanol–water partition coefficient (Wildman–Crippen LogP) is 2.08. The van der Waals surface area contributed by atoms with Crippen molar-refractivity contribution in [2.75, 3.05) is 32.7 Å². The highest BCUT2D eigenvalue weighted by Crippen LogP contribution is 2.20. The number of nitriles is 1. The van der Waals surface area contributed by atoms with Crippen LogP contribution in [-0.2, 0) is 6.54 Å². The van der Waals surface area contributed by atoms with Gasteiger partial charge in [0.05, 0.1) is 17.7 Å². The molecule has 0 saturated carbocycles. The molecule has 1 aromatic carbocycles. The first-order chi connectivity index (χ1) is 10.4. The van der Waals surface area contributed by atoms with Gasteiger partial charge in [0.25, 0.3) is 0 Å². The Morgan fingerprint density at radius 2 is 1.64 bits per heavy atom. The fraction of sp³-hybridized carbons (Fsp3) is 0.611. The van der Waals surface area contributed by atoms with Crippen LogP contribution in [0.5, 0.6) is 0 Å². The van der Waals surface area contributed by atoms with Crippen LogP contribution in [0.2, 0.25) is 0 Å². The molecule has 0 aliphatic carbocycles. The molecular weight excluding hydrogens is 274 g/mol. The summed E-state index contributed by atoms with van der Waals surface area (Å²) in [7, 11) is 0. The lowest BCUT2D eigenvalue weighted by atomic mass is 9.89. The van der Waals surface area contributed by atoms with Gasteiger partial charge >= 0.3 is 0 Å². The van der Waals surface area contributed by atoms with Crippen molar-refractivity contribution in [3.63, 3.8) is 0 Å². The Hall–Kier alpha value is -1.41. The van der Waals surface area contributed by atoms with E-state index in [4.69, 9.17) is 5.26 Å². The van der Waals surface area contributed by atoms with Crippen molar-refractivity contribution in [1.82, 2.24) is 9.80 Å². The van der Waals surface area contributed by atoms with Crippen molar-refractivity contribution in [1.29, 1.82) is 5.26 Å². The normalized spacial score (nSPS) is 18.9. The highest BCUT2D eigenvalue weighted by molar-refractivity contribution is 5.31. The molecule has 1 saturated heterocycles. The minimum atomic E-state index is -0.280. The van der Waals surface area contributed by atoms with Gasteiger partial charge in [0, 0.05) is 39.3 Å². The van der Waals surface area contributed by atoms with Crippen molar-refractivity contribution >= 4 is 0 Å². The number of nitrogens with zero attached hydrogens (tertiary/aromatic N) is 3. The topological polar surface area (TPSA) is 50.5 Å². The van der Waals surface area contributed by atoms with E-state index in [0.717, 1.165) is 39.3 Å². The Morgan fingerprint density at radius 1 is 1.09 bits per heavy atom. The van der Waals surface area contributed by atoms with Gasteiger partial charge in [0.1, 0.15) is 0 Å². The van der Waals surface area contributed by atoms with Crippen LogP contribution in [0, 0.1) is 16.7 Å². The molecule has 1 aliphatic rings. The third-order valence-corrected chi connectivity index (χ3v) is 4.38. The second-order valence-corrected chi connectivity index (χ2v) is 7.27. The van der Waals surface area contributed by atoms with Crippen LogP contribution in [0.4, 0.5) is 0 Å². The number of aliphatic hydroxyl groups excluding tert-OH is 1. The van der Waals surface area contributed by atoms with Crippen LogP contribution in [0.25, 0.3) is 0 Å². The molecule has 0 unspecified atom stereocenters. The van der Waals surface area contributed by atoms with E-state index in [0.29, 0.717) is 5.56 Å². The number of piperazine rings is 1. The van der Waals surface area contributed by atoms with Crippen LogP contribution in [0.15, 0.2) is 24.3 Å². The Kier molecular flexibility index (Phi) is 5.57. The maximum atomic E-state index is 10.2. The van der Waals surface area contributed by atoms with E-state index in [9.17, 15) is 5.11 Å². The molecule has 0 spiro atoms. The molecule has 0 radical (unpaired) electrons. The first kappa shape index (κ1) is 17.0. The third-order valence-electron chi connectivity index (χ3n) is 4.38. The minimum Gasteiger partial charge on any atom is -0.391 e. The molecule has 0 amide bonds. The molecule has 4 nitrogen and oxygen atoms in total. The second-order valence-electron chi connectivity index (χ2n) is 7.27. The van der Waals surface area contributed by atoms with Gasteiger partial charge in [-0.25, -0.2) is 0 Å². The van der Waals surface area contributed by atoms with Crippen LogP contribution in [-0.4, -0.2) is 53.7 Å². The molecule has 1 atom stereocenters. The van der Waals surface area contributed by atoms with Crippen LogP contribution in [0.3, 0.4) is 0 Å². The van der Waals surface area contributed by atoms with Gasteiger partial charge in [-0.05, 0) is 23.1 Å². The zero-order valence-corrected chi connectivity index (χ0v) is 13.9. The summed E-state index contributed by atoms with van der Waals surface area (Å²) in [4.78, 5) is 4.78. The van der Waals surface area contributed by atoms with Crippen molar-refractivity contribution < 1.29 is 5.11 Å². The molecule has 1 aromatic rings. The molecule has 1 N–H and O–H groups in total. The lowest BCUT2D eigenvalue weighted by Crippen LogP contribution is -2.49. The minimum absolute atomic E-state index is 0.0559. The Balaban J connectivity index is 1.78. The van der Waals surface area contributed by atoms with Crippen LogP contribution < -0.4 is 0 Å². The van der Waals surface area contributed by atoms with Crippen molar-refractivity contribution in [3.05, 3.63) is 35.4 Å². The fourth-order valence-electron chi connectivity index (χ4n) is 2.59. The molecule has 0 aromatic heterocycles. The molecule has 4 heteroatoms. The number of benzene rings is 1. The molecule has 1 aliphatic heterocycles. The molecule has 2 rings (SSSR count). The summed E-state index contributed by atoms with van der Waals surface area (Å²) in [6.07, 6.45) is -0.280. The molecule has 1 heterocycles. The summed E-state index contributed by atoms with van der Waals surface area (Å²) in [5, 5.41) is 19.0. The lowest BCUT2D eigenvalue weighted by molar-refractivity contribution is 0.0126. The highest BCUT2D eigenvalue weighted by Gasteiger charge is 2.26. The largest absolute Gasteiger partial charge is 0.391 e. The van der Waals surface area contributed by atoms with Gasteiger partial charge in [-0.2, -0.15) is 5.26 Å². The number of hydrogen-bond acceptors (Lipinski definition) is 4. The first-order valence-corrected chi connectivity index (χ1v) is 8.00. The average Bonchev–Trinajstić information content (AvgIpc) is 2.49. The summed E-state index contributed by atoms with van der Waals surface area (Å²) < 4.78 is 0. The van der Waals surface area contributed by atoms with Gasteiger partial charge in [0.15, 0.2) is 0 Å². The van der Waals surface area contributed by atoms with E-state index in [2.05, 4.69) is 36.6 Å². The second kappa shape index (κ2) is 7.23. The van der Waals surface area contributed by atoms with Gasteiger partial charge in [0.2, 0.25) is 0 Å². The fourth-order valence-corrected chi connectivity index (χ4v) is 2.59. The summed E-state index contributed by atoms with van der Waals surface area (Å²) >= 11 is 0. The number of aliphatic hydroxyl groups is 1. The molecule has 22 heavy (non-hydrogen) atoms. The zero-order chi connectivity index (χ0) is 16.2. The number of rotatable bonds is 4. The van der Waals surface area contributed by atoms with Gasteiger partial charge < -0.3 is 5.11 Å². The van der Waals surface area contributed by atoms with E-state index >= 15 is 0 Å². The Bertz CT molecular complexity index is 505. The molecule has 120 valence electrons. The van der Waals surface area contributed by atoms with Gasteiger partial charge in [-0.15, -0.1) is 0 Å². The first-order valence-electron chi connectivity index (χ1n) is 8.00. The molecule has 1 fully saturated rings. The quantitative estimate of drug-likeness (QED) is 0.925. The Labute approximate surface area is 134 Å². The monoisotopic (exact) mass is 301 g/mol. The van der Waals surface area contributed by atoms with E-state index in [1.807, 2.05) is 24.3 Å². The van der Waals surface area contributed by atoms with E-state index in [1.54, 1.807) is 0 Å². The molecule has 0 bridgehead atoms. The smallest absolute Gasteiger partial charge is 0.0991 e. The van der Waals surface area contributed by atoms with Crippen LogP contribution >= 0.6 is 0 Å². The van der Waals surface area contributed by atoms with Crippen molar-refractivity contribution in [2.45, 2.75) is 33.4 Å². The lowest BCUT2D eigenvalue weighted by Gasteiger charge is -2.38. The van der Waals surface area contributed by atoms with Gasteiger partial charge in [-0.3, -0.25) is 9.80 Å². The predicted molar refractivity (Wildman–Crippen MR) is 88.3 cm³/mol. The zero-order valence-electron chi connectivity index (χ0n) is 13.9. The van der Waals surface area contributed by atoms with Crippen molar-refractivity contribution in [2.24, 2.45) is 5.41 Å². The molecular formula is C18H27N3O. The highest BCUT2D eigenvalue weighted by atomic mass is 16.3. The number of β-amino-alcohol motifs (C(OH)–C–C–N with tert-alkyl or cyclic N) is 1. The van der Waals surface area contributed by atoms with E-state index < -0.39 is 0 Å². The summed E-state index contributed by atoms with van der Waals surface area (Å²) in [5.41, 5.74) is 1.91.